The number of nitrogens with zero attached hydrogens (tertiary/aromatic N) is 2. The molecule has 0 aliphatic carbocycles. The van der Waals surface area contributed by atoms with Gasteiger partial charge in [-0.25, -0.2) is 4.98 Å². The second kappa shape index (κ2) is 8.69. The van der Waals surface area contributed by atoms with E-state index in [9.17, 15) is 0 Å². The zero-order chi connectivity index (χ0) is 14.1. The molecule has 19 heavy (non-hydrogen) atoms. The van der Waals surface area contributed by atoms with Crippen LogP contribution in [0.3, 0.4) is 0 Å². The third-order valence-corrected chi connectivity index (χ3v) is 2.39. The molecule has 0 atom stereocenters. The van der Waals surface area contributed by atoms with Crippen molar-refractivity contribution in [1.82, 2.24) is 9.97 Å². The fraction of sp³-hybridized carbons (Fsp3) is 0.714. The summed E-state index contributed by atoms with van der Waals surface area (Å²) in [6.45, 7) is 11.5. The number of hydrogen-bond donors (Lipinski definition) is 2. The summed E-state index contributed by atoms with van der Waals surface area (Å²) in [5.41, 5.74) is 0.958. The molecule has 1 rings (SSSR count). The molecular weight excluding hydrogens is 240 g/mol. The van der Waals surface area contributed by atoms with E-state index in [1.807, 2.05) is 13.0 Å². The predicted molar refractivity (Wildman–Crippen MR) is 79.7 cm³/mol. The minimum Gasteiger partial charge on any atom is -0.379 e. The van der Waals surface area contributed by atoms with Crippen molar-refractivity contribution >= 4 is 11.8 Å². The van der Waals surface area contributed by atoms with E-state index in [1.54, 1.807) is 0 Å². The quantitative estimate of drug-likeness (QED) is 0.673. The number of aromatic nitrogens is 2. The number of anilines is 2. The predicted octanol–water partition coefficient (Wildman–Crippen LogP) is 2.69. The van der Waals surface area contributed by atoms with Crippen molar-refractivity contribution in [2.45, 2.75) is 34.1 Å². The van der Waals surface area contributed by atoms with Gasteiger partial charge in [-0.1, -0.05) is 20.8 Å². The molecule has 0 spiro atoms. The zero-order valence-electron chi connectivity index (χ0n) is 12.5. The average Bonchev–Trinajstić information content (AvgIpc) is 2.35. The molecule has 108 valence electrons. The van der Waals surface area contributed by atoms with Crippen LogP contribution in [-0.2, 0) is 4.74 Å². The summed E-state index contributed by atoms with van der Waals surface area (Å²) < 4.78 is 5.52. The van der Waals surface area contributed by atoms with Gasteiger partial charge in [0.15, 0.2) is 0 Å². The average molecular weight is 266 g/mol. The first kappa shape index (κ1) is 15.7. The highest BCUT2D eigenvalue weighted by molar-refractivity contribution is 5.42. The first-order valence-electron chi connectivity index (χ1n) is 7.03. The summed E-state index contributed by atoms with van der Waals surface area (Å²) >= 11 is 0. The minimum atomic E-state index is 0.575. The smallest absolute Gasteiger partial charge is 0.224 e. The molecule has 0 bridgehead atoms. The van der Waals surface area contributed by atoms with Crippen LogP contribution in [0.25, 0.3) is 0 Å². The molecule has 0 aliphatic heterocycles. The lowest BCUT2D eigenvalue weighted by molar-refractivity contribution is 0.118. The highest BCUT2D eigenvalue weighted by Gasteiger charge is 2.01. The fourth-order valence-corrected chi connectivity index (χ4v) is 1.55. The van der Waals surface area contributed by atoms with Gasteiger partial charge >= 0.3 is 0 Å². The summed E-state index contributed by atoms with van der Waals surface area (Å²) in [6, 6.07) is 1.94. The molecule has 0 aromatic carbocycles. The van der Waals surface area contributed by atoms with Crippen LogP contribution in [0.4, 0.5) is 11.8 Å². The van der Waals surface area contributed by atoms with Gasteiger partial charge in [0.25, 0.3) is 0 Å². The minimum absolute atomic E-state index is 0.575. The molecule has 0 fully saturated rings. The third-order valence-electron chi connectivity index (χ3n) is 2.39. The van der Waals surface area contributed by atoms with Crippen molar-refractivity contribution in [3.63, 3.8) is 0 Å². The summed E-state index contributed by atoms with van der Waals surface area (Å²) in [5.74, 6) is 2.11. The molecular formula is C14H26N4O. The highest BCUT2D eigenvalue weighted by Crippen LogP contribution is 2.09. The Morgan fingerprint density at radius 3 is 2.68 bits per heavy atom. The van der Waals surface area contributed by atoms with Crippen molar-refractivity contribution in [1.29, 1.82) is 0 Å². The molecule has 0 amide bonds. The molecule has 1 aromatic heterocycles. The monoisotopic (exact) mass is 266 g/mol. The number of hydrogen-bond acceptors (Lipinski definition) is 5. The van der Waals surface area contributed by atoms with Crippen LogP contribution in [0.5, 0.6) is 0 Å². The Labute approximate surface area is 116 Å². The van der Waals surface area contributed by atoms with Crippen LogP contribution in [0.2, 0.25) is 0 Å². The molecule has 0 saturated carbocycles. The summed E-state index contributed by atoms with van der Waals surface area (Å²) in [5, 5.41) is 6.46. The molecule has 1 aromatic rings. The maximum Gasteiger partial charge on any atom is 0.224 e. The number of aryl methyl sites for hydroxylation is 1. The topological polar surface area (TPSA) is 59.1 Å². The van der Waals surface area contributed by atoms with Crippen molar-refractivity contribution < 1.29 is 4.74 Å². The normalized spacial score (nSPS) is 10.8. The van der Waals surface area contributed by atoms with E-state index in [0.717, 1.165) is 37.6 Å². The van der Waals surface area contributed by atoms with Gasteiger partial charge in [-0.05, 0) is 19.3 Å². The Bertz CT molecular complexity index is 368. The van der Waals surface area contributed by atoms with E-state index < -0.39 is 0 Å². The molecule has 0 saturated heterocycles. The highest BCUT2D eigenvalue weighted by atomic mass is 16.5. The molecule has 1 heterocycles. The van der Waals surface area contributed by atoms with Crippen molar-refractivity contribution in [2.24, 2.45) is 5.92 Å². The largest absolute Gasteiger partial charge is 0.379 e. The Morgan fingerprint density at radius 2 is 2.00 bits per heavy atom. The second-order valence-electron chi connectivity index (χ2n) is 5.04. The second-order valence-corrected chi connectivity index (χ2v) is 5.04. The van der Waals surface area contributed by atoms with Gasteiger partial charge in [-0.15, -0.1) is 0 Å². The number of rotatable bonds is 9. The standard InChI is InChI=1S/C14H26N4O/c1-5-6-16-14-17-12(4)9-13(18-14)15-7-8-19-10-11(2)3/h9,11H,5-8,10H2,1-4H3,(H2,15,16,17,18). The van der Waals surface area contributed by atoms with Crippen LogP contribution in [0, 0.1) is 12.8 Å². The van der Waals surface area contributed by atoms with E-state index in [0.29, 0.717) is 18.5 Å². The van der Waals surface area contributed by atoms with Gasteiger partial charge in [-0.3, -0.25) is 0 Å². The van der Waals surface area contributed by atoms with E-state index in [1.165, 1.54) is 0 Å². The van der Waals surface area contributed by atoms with Gasteiger partial charge in [0.1, 0.15) is 5.82 Å². The first-order chi connectivity index (χ1) is 9.11. The molecule has 5 heteroatoms. The summed E-state index contributed by atoms with van der Waals surface area (Å²) in [4.78, 5) is 8.76. The Hall–Kier alpha value is -1.36. The molecule has 0 aliphatic rings. The van der Waals surface area contributed by atoms with Crippen LogP contribution in [0.15, 0.2) is 6.07 Å². The van der Waals surface area contributed by atoms with E-state index in [-0.39, 0.29) is 0 Å². The van der Waals surface area contributed by atoms with E-state index >= 15 is 0 Å². The summed E-state index contributed by atoms with van der Waals surface area (Å²) in [6.07, 6.45) is 1.06. The fourth-order valence-electron chi connectivity index (χ4n) is 1.55. The molecule has 0 unspecified atom stereocenters. The van der Waals surface area contributed by atoms with E-state index in [2.05, 4.69) is 41.4 Å². The molecule has 0 radical (unpaired) electrons. The zero-order valence-corrected chi connectivity index (χ0v) is 12.5. The Kier molecular flexibility index (Phi) is 7.18. The van der Waals surface area contributed by atoms with Crippen LogP contribution in [0.1, 0.15) is 32.9 Å². The lowest BCUT2D eigenvalue weighted by Gasteiger charge is -2.10. The van der Waals surface area contributed by atoms with Crippen molar-refractivity contribution in [3.05, 3.63) is 11.8 Å². The van der Waals surface area contributed by atoms with Gasteiger partial charge in [0, 0.05) is 31.5 Å². The Balaban J connectivity index is 2.38. The van der Waals surface area contributed by atoms with Crippen LogP contribution < -0.4 is 10.6 Å². The third kappa shape index (κ3) is 6.96. The van der Waals surface area contributed by atoms with Gasteiger partial charge in [-0.2, -0.15) is 4.98 Å². The van der Waals surface area contributed by atoms with Crippen LogP contribution in [-0.4, -0.2) is 36.3 Å². The van der Waals surface area contributed by atoms with E-state index in [4.69, 9.17) is 4.74 Å². The van der Waals surface area contributed by atoms with Crippen molar-refractivity contribution in [3.8, 4) is 0 Å². The Morgan fingerprint density at radius 1 is 1.21 bits per heavy atom. The molecule has 5 nitrogen and oxygen atoms in total. The van der Waals surface area contributed by atoms with Gasteiger partial charge in [0.2, 0.25) is 5.95 Å². The lowest BCUT2D eigenvalue weighted by atomic mass is 10.2. The SMILES string of the molecule is CCCNc1nc(C)cc(NCCOCC(C)C)n1. The lowest BCUT2D eigenvalue weighted by Crippen LogP contribution is -2.14. The number of nitrogens with one attached hydrogen (secondary N) is 2. The first-order valence-corrected chi connectivity index (χ1v) is 7.03. The summed E-state index contributed by atoms with van der Waals surface area (Å²) in [7, 11) is 0. The molecule has 2 N–H and O–H groups in total. The number of ether oxygens (including phenoxy) is 1. The van der Waals surface area contributed by atoms with Crippen molar-refractivity contribution in [2.75, 3.05) is 36.9 Å². The van der Waals surface area contributed by atoms with Crippen LogP contribution >= 0.6 is 0 Å². The maximum atomic E-state index is 5.52. The van der Waals surface area contributed by atoms with Gasteiger partial charge in [0.05, 0.1) is 6.61 Å². The van der Waals surface area contributed by atoms with Gasteiger partial charge < -0.3 is 15.4 Å². The maximum absolute atomic E-state index is 5.52.